The fraction of sp³-hybridized carbons (Fsp3) is 0.304. The van der Waals surface area contributed by atoms with Crippen molar-refractivity contribution in [3.05, 3.63) is 70.5 Å². The van der Waals surface area contributed by atoms with Crippen LogP contribution in [0.2, 0.25) is 0 Å². The molecule has 150 valence electrons. The molecular weight excluding hydrogens is 428 g/mol. The summed E-state index contributed by atoms with van der Waals surface area (Å²) in [6.45, 7) is 3.52. The maximum atomic E-state index is 12.8. The summed E-state index contributed by atoms with van der Waals surface area (Å²) in [7, 11) is 0. The van der Waals surface area contributed by atoms with Crippen molar-refractivity contribution in [1.82, 2.24) is 9.88 Å². The summed E-state index contributed by atoms with van der Waals surface area (Å²) in [5.41, 5.74) is 9.38. The van der Waals surface area contributed by atoms with E-state index in [0.29, 0.717) is 19.1 Å². The van der Waals surface area contributed by atoms with Crippen LogP contribution in [0.15, 0.2) is 59.3 Å². The van der Waals surface area contributed by atoms with E-state index < -0.39 is 6.04 Å². The largest absolute Gasteiger partial charge is 0.382 e. The quantitative estimate of drug-likeness (QED) is 0.614. The highest BCUT2D eigenvalue weighted by Crippen LogP contribution is 2.28. The van der Waals surface area contributed by atoms with Crippen LogP contribution in [0.5, 0.6) is 0 Å². The van der Waals surface area contributed by atoms with Gasteiger partial charge in [0.15, 0.2) is 0 Å². The number of carbonyl (C=O) groups is 1. The van der Waals surface area contributed by atoms with E-state index in [0.717, 1.165) is 34.0 Å². The SMILES string of the molecule is Cc1cncc2cccc(NC3CCN(C(=O)C(N)c4ccc(Br)cc4)CC3)c12. The molecule has 0 bridgehead atoms. The Kier molecular flexibility index (Phi) is 5.83. The minimum Gasteiger partial charge on any atom is -0.382 e. The molecule has 1 aromatic heterocycles. The van der Waals surface area contributed by atoms with E-state index in [1.165, 1.54) is 10.9 Å². The Bertz CT molecular complexity index is 1010. The Hall–Kier alpha value is -2.44. The zero-order chi connectivity index (χ0) is 20.4. The van der Waals surface area contributed by atoms with Gasteiger partial charge in [-0.2, -0.15) is 0 Å². The minimum absolute atomic E-state index is 0.00199. The average Bonchev–Trinajstić information content (AvgIpc) is 2.74. The lowest BCUT2D eigenvalue weighted by Crippen LogP contribution is -2.45. The van der Waals surface area contributed by atoms with Crippen molar-refractivity contribution in [3.63, 3.8) is 0 Å². The van der Waals surface area contributed by atoms with Gasteiger partial charge in [-0.05, 0) is 49.1 Å². The Morgan fingerprint density at radius 2 is 1.90 bits per heavy atom. The van der Waals surface area contributed by atoms with Crippen molar-refractivity contribution >= 4 is 38.3 Å². The number of likely N-dealkylation sites (tertiary alicyclic amines) is 1. The number of aromatic nitrogens is 1. The van der Waals surface area contributed by atoms with Gasteiger partial charge in [-0.3, -0.25) is 9.78 Å². The van der Waals surface area contributed by atoms with Crippen LogP contribution in [-0.4, -0.2) is 34.9 Å². The smallest absolute Gasteiger partial charge is 0.244 e. The molecule has 1 amide bonds. The van der Waals surface area contributed by atoms with Gasteiger partial charge < -0.3 is 16.0 Å². The molecule has 1 unspecified atom stereocenters. The molecule has 3 aromatic rings. The van der Waals surface area contributed by atoms with Crippen molar-refractivity contribution < 1.29 is 4.79 Å². The van der Waals surface area contributed by atoms with Crippen molar-refractivity contribution in [3.8, 4) is 0 Å². The second kappa shape index (κ2) is 8.51. The number of pyridine rings is 1. The van der Waals surface area contributed by atoms with E-state index in [2.05, 4.69) is 51.4 Å². The van der Waals surface area contributed by atoms with Crippen molar-refractivity contribution in [2.24, 2.45) is 5.73 Å². The molecule has 2 heterocycles. The average molecular weight is 453 g/mol. The number of aryl methyl sites for hydroxylation is 1. The Labute approximate surface area is 179 Å². The summed E-state index contributed by atoms with van der Waals surface area (Å²) in [6, 6.07) is 13.6. The van der Waals surface area contributed by atoms with Crippen molar-refractivity contribution in [2.75, 3.05) is 18.4 Å². The van der Waals surface area contributed by atoms with Crippen LogP contribution < -0.4 is 11.1 Å². The minimum atomic E-state index is -0.610. The van der Waals surface area contributed by atoms with E-state index in [1.54, 1.807) is 0 Å². The van der Waals surface area contributed by atoms with E-state index in [9.17, 15) is 4.79 Å². The zero-order valence-electron chi connectivity index (χ0n) is 16.4. The first kappa shape index (κ1) is 19.9. The number of carbonyl (C=O) groups excluding carboxylic acids is 1. The molecule has 2 aromatic carbocycles. The van der Waals surface area contributed by atoms with Gasteiger partial charge in [0.05, 0.1) is 0 Å². The van der Waals surface area contributed by atoms with Crippen LogP contribution >= 0.6 is 15.9 Å². The number of halogens is 1. The Morgan fingerprint density at radius 3 is 2.62 bits per heavy atom. The summed E-state index contributed by atoms with van der Waals surface area (Å²) in [4.78, 5) is 19.0. The maximum Gasteiger partial charge on any atom is 0.244 e. The lowest BCUT2D eigenvalue weighted by atomic mass is 10.0. The molecule has 1 atom stereocenters. The number of piperidine rings is 1. The molecule has 1 fully saturated rings. The summed E-state index contributed by atoms with van der Waals surface area (Å²) >= 11 is 3.41. The molecule has 5 nitrogen and oxygen atoms in total. The van der Waals surface area contributed by atoms with Gasteiger partial charge >= 0.3 is 0 Å². The zero-order valence-corrected chi connectivity index (χ0v) is 18.0. The Balaban J connectivity index is 1.40. The number of hydrogen-bond donors (Lipinski definition) is 2. The molecule has 3 N–H and O–H groups in total. The summed E-state index contributed by atoms with van der Waals surface area (Å²) in [6.07, 6.45) is 5.61. The number of fused-ring (bicyclic) bond motifs is 1. The lowest BCUT2D eigenvalue weighted by molar-refractivity contribution is -0.133. The van der Waals surface area contributed by atoms with E-state index >= 15 is 0 Å². The fourth-order valence-electron chi connectivity index (χ4n) is 4.01. The molecule has 1 saturated heterocycles. The molecule has 0 saturated carbocycles. The monoisotopic (exact) mass is 452 g/mol. The third-order valence-corrected chi connectivity index (χ3v) is 6.16. The van der Waals surface area contributed by atoms with Gasteiger partial charge in [0, 0.05) is 52.5 Å². The van der Waals surface area contributed by atoms with Crippen LogP contribution in [0.1, 0.15) is 30.0 Å². The predicted octanol–water partition coefficient (Wildman–Crippen LogP) is 4.41. The second-order valence-electron chi connectivity index (χ2n) is 7.63. The van der Waals surface area contributed by atoms with E-state index in [-0.39, 0.29) is 5.91 Å². The van der Waals surface area contributed by atoms with Gasteiger partial charge in [-0.25, -0.2) is 0 Å². The lowest BCUT2D eigenvalue weighted by Gasteiger charge is -2.34. The van der Waals surface area contributed by atoms with Gasteiger partial charge in [0.1, 0.15) is 6.04 Å². The predicted molar refractivity (Wildman–Crippen MR) is 121 cm³/mol. The number of anilines is 1. The van der Waals surface area contributed by atoms with Crippen molar-refractivity contribution in [2.45, 2.75) is 31.8 Å². The molecule has 1 aliphatic rings. The fourth-order valence-corrected chi connectivity index (χ4v) is 4.27. The van der Waals surface area contributed by atoms with Crippen molar-refractivity contribution in [1.29, 1.82) is 0 Å². The number of nitrogens with two attached hydrogens (primary N) is 1. The molecule has 6 heteroatoms. The van der Waals surface area contributed by atoms with Gasteiger partial charge in [0.2, 0.25) is 5.91 Å². The molecule has 4 rings (SSSR count). The van der Waals surface area contributed by atoms with Gasteiger partial charge in [-0.15, -0.1) is 0 Å². The molecule has 0 radical (unpaired) electrons. The number of rotatable bonds is 4. The standard InChI is InChI=1S/C23H25BrN4O/c1-15-13-26-14-17-3-2-4-20(21(15)17)27-19-9-11-28(12-10-19)23(29)22(25)16-5-7-18(24)8-6-16/h2-8,13-14,19,22,27H,9-12,25H2,1H3. The number of nitrogens with zero attached hydrogens (tertiary/aromatic N) is 2. The summed E-state index contributed by atoms with van der Waals surface area (Å²) in [5.74, 6) is -0.00199. The van der Waals surface area contributed by atoms with E-state index in [1.807, 2.05) is 41.6 Å². The third-order valence-electron chi connectivity index (χ3n) is 5.63. The highest BCUT2D eigenvalue weighted by Gasteiger charge is 2.27. The van der Waals surface area contributed by atoms with Crippen LogP contribution in [0, 0.1) is 6.92 Å². The topological polar surface area (TPSA) is 71.2 Å². The van der Waals surface area contributed by atoms with Gasteiger partial charge in [-0.1, -0.05) is 40.2 Å². The number of amides is 1. The summed E-state index contributed by atoms with van der Waals surface area (Å²) < 4.78 is 0.979. The molecule has 1 aliphatic heterocycles. The first-order valence-electron chi connectivity index (χ1n) is 9.92. The Morgan fingerprint density at radius 1 is 1.17 bits per heavy atom. The molecule has 29 heavy (non-hydrogen) atoms. The number of nitrogens with one attached hydrogen (secondary N) is 1. The van der Waals surface area contributed by atoms with Gasteiger partial charge in [0.25, 0.3) is 0 Å². The van der Waals surface area contributed by atoms with Crippen LogP contribution in [0.4, 0.5) is 5.69 Å². The van der Waals surface area contributed by atoms with Crippen LogP contribution in [0.25, 0.3) is 10.8 Å². The third kappa shape index (κ3) is 4.28. The second-order valence-corrected chi connectivity index (χ2v) is 8.55. The maximum absolute atomic E-state index is 12.8. The normalized spacial score (nSPS) is 16.0. The first-order valence-corrected chi connectivity index (χ1v) is 10.7. The highest BCUT2D eigenvalue weighted by molar-refractivity contribution is 9.10. The molecular formula is C23H25BrN4O. The summed E-state index contributed by atoms with van der Waals surface area (Å²) in [5, 5.41) is 6.05. The number of benzene rings is 2. The molecule has 0 spiro atoms. The van der Waals surface area contributed by atoms with Crippen LogP contribution in [0.3, 0.4) is 0 Å². The van der Waals surface area contributed by atoms with E-state index in [4.69, 9.17) is 5.73 Å². The molecule has 0 aliphatic carbocycles. The first-order chi connectivity index (χ1) is 14.0. The number of hydrogen-bond acceptors (Lipinski definition) is 4. The highest BCUT2D eigenvalue weighted by atomic mass is 79.9. The van der Waals surface area contributed by atoms with Crippen LogP contribution in [-0.2, 0) is 4.79 Å².